The Labute approximate surface area is 80.1 Å². The summed E-state index contributed by atoms with van der Waals surface area (Å²) >= 11 is 0. The highest BCUT2D eigenvalue weighted by Crippen LogP contribution is 2.27. The van der Waals surface area contributed by atoms with E-state index in [0.717, 1.165) is 12.8 Å². The maximum Gasteiger partial charge on any atom is 0.296 e. The highest BCUT2D eigenvalue weighted by Gasteiger charge is 2.27. The van der Waals surface area contributed by atoms with Crippen LogP contribution in [-0.4, -0.2) is 11.4 Å². The monoisotopic (exact) mass is 179 g/mol. The number of hydrogen-bond donors (Lipinski definition) is 1. The Kier molecular flexibility index (Phi) is 3.36. The predicted octanol–water partition coefficient (Wildman–Crippen LogP) is 1.85. The van der Waals surface area contributed by atoms with E-state index in [0.29, 0.717) is 0 Å². The molecule has 1 rings (SSSR count). The fraction of sp³-hybridized carbons (Fsp3) is 0.727. The first kappa shape index (κ1) is 10.1. The molecule has 0 bridgehead atoms. The largest absolute Gasteiger partial charge is 0.340 e. The summed E-state index contributed by atoms with van der Waals surface area (Å²) in [6.07, 6.45) is 5.91. The molecule has 13 heavy (non-hydrogen) atoms. The first-order chi connectivity index (χ1) is 6.16. The molecule has 0 atom stereocenters. The molecular formula is C11H17NO. The van der Waals surface area contributed by atoms with Crippen molar-refractivity contribution in [2.75, 3.05) is 0 Å². The van der Waals surface area contributed by atoms with E-state index in [9.17, 15) is 4.79 Å². The highest BCUT2D eigenvalue weighted by molar-refractivity contribution is 5.93. The SMILES string of the molecule is CC#CC(=O)NC1(C)CCCCC1. The Balaban J connectivity index is 2.48. The summed E-state index contributed by atoms with van der Waals surface area (Å²) in [5, 5.41) is 2.98. The van der Waals surface area contributed by atoms with E-state index in [-0.39, 0.29) is 11.4 Å². The van der Waals surface area contributed by atoms with E-state index in [1.807, 2.05) is 0 Å². The van der Waals surface area contributed by atoms with Gasteiger partial charge in [-0.1, -0.05) is 25.2 Å². The van der Waals surface area contributed by atoms with Crippen LogP contribution in [0.15, 0.2) is 0 Å². The van der Waals surface area contributed by atoms with Crippen molar-refractivity contribution >= 4 is 5.91 Å². The van der Waals surface area contributed by atoms with Gasteiger partial charge in [-0.3, -0.25) is 4.79 Å². The molecule has 1 N–H and O–H groups in total. The van der Waals surface area contributed by atoms with E-state index >= 15 is 0 Å². The molecule has 0 radical (unpaired) electrons. The standard InChI is InChI=1S/C11H17NO/c1-3-7-10(13)12-11(2)8-5-4-6-9-11/h4-6,8-9H2,1-2H3,(H,12,13). The number of hydrogen-bond acceptors (Lipinski definition) is 1. The molecule has 0 saturated heterocycles. The van der Waals surface area contributed by atoms with Gasteiger partial charge in [-0.15, -0.1) is 0 Å². The van der Waals surface area contributed by atoms with E-state index in [1.165, 1.54) is 19.3 Å². The molecule has 1 aliphatic carbocycles. The van der Waals surface area contributed by atoms with Gasteiger partial charge in [0.05, 0.1) is 0 Å². The number of carbonyl (C=O) groups is 1. The van der Waals surface area contributed by atoms with Crippen LogP contribution in [0.25, 0.3) is 0 Å². The summed E-state index contributed by atoms with van der Waals surface area (Å²) in [7, 11) is 0. The second kappa shape index (κ2) is 4.32. The minimum atomic E-state index is -0.132. The molecule has 0 spiro atoms. The van der Waals surface area contributed by atoms with Gasteiger partial charge in [0.1, 0.15) is 0 Å². The summed E-state index contributed by atoms with van der Waals surface area (Å²) in [5.74, 6) is 5.00. The normalized spacial score (nSPS) is 19.8. The van der Waals surface area contributed by atoms with Crippen LogP contribution in [0.3, 0.4) is 0 Å². The molecule has 0 aliphatic heterocycles. The maximum atomic E-state index is 11.2. The average molecular weight is 179 g/mol. The molecule has 1 amide bonds. The first-order valence-corrected chi connectivity index (χ1v) is 4.91. The van der Waals surface area contributed by atoms with Crippen LogP contribution >= 0.6 is 0 Å². The van der Waals surface area contributed by atoms with Crippen molar-refractivity contribution in [2.24, 2.45) is 0 Å². The molecular weight excluding hydrogens is 162 g/mol. The zero-order valence-corrected chi connectivity index (χ0v) is 8.44. The molecule has 72 valence electrons. The molecule has 1 fully saturated rings. The van der Waals surface area contributed by atoms with Gasteiger partial charge in [0.2, 0.25) is 0 Å². The van der Waals surface area contributed by atoms with Gasteiger partial charge < -0.3 is 5.32 Å². The van der Waals surface area contributed by atoms with Crippen molar-refractivity contribution in [2.45, 2.75) is 51.5 Å². The van der Waals surface area contributed by atoms with Crippen LogP contribution in [0.2, 0.25) is 0 Å². The molecule has 0 unspecified atom stereocenters. The Morgan fingerprint density at radius 1 is 1.31 bits per heavy atom. The van der Waals surface area contributed by atoms with Crippen molar-refractivity contribution in [1.29, 1.82) is 0 Å². The third-order valence-electron chi connectivity index (χ3n) is 2.61. The Morgan fingerprint density at radius 2 is 1.92 bits per heavy atom. The van der Waals surface area contributed by atoms with E-state index in [4.69, 9.17) is 0 Å². The number of nitrogens with one attached hydrogen (secondary N) is 1. The third-order valence-corrected chi connectivity index (χ3v) is 2.61. The average Bonchev–Trinajstić information content (AvgIpc) is 2.04. The molecule has 2 heteroatoms. The molecule has 2 nitrogen and oxygen atoms in total. The number of carbonyl (C=O) groups excluding carboxylic acids is 1. The van der Waals surface area contributed by atoms with Gasteiger partial charge in [-0.2, -0.15) is 0 Å². The van der Waals surface area contributed by atoms with Gasteiger partial charge in [-0.05, 0) is 32.6 Å². The summed E-state index contributed by atoms with van der Waals surface area (Å²) in [4.78, 5) is 11.2. The first-order valence-electron chi connectivity index (χ1n) is 4.91. The fourth-order valence-corrected chi connectivity index (χ4v) is 1.88. The molecule has 0 aromatic carbocycles. The van der Waals surface area contributed by atoms with Gasteiger partial charge >= 0.3 is 0 Å². The lowest BCUT2D eigenvalue weighted by Gasteiger charge is -2.33. The smallest absolute Gasteiger partial charge is 0.296 e. The van der Waals surface area contributed by atoms with Gasteiger partial charge in [-0.25, -0.2) is 0 Å². The maximum absolute atomic E-state index is 11.2. The zero-order chi connectivity index (χ0) is 9.73. The van der Waals surface area contributed by atoms with Gasteiger partial charge in [0.25, 0.3) is 5.91 Å². The summed E-state index contributed by atoms with van der Waals surface area (Å²) in [5.41, 5.74) is -0.000810. The predicted molar refractivity (Wildman–Crippen MR) is 53.1 cm³/mol. The van der Waals surface area contributed by atoms with Crippen molar-refractivity contribution in [1.82, 2.24) is 5.32 Å². The third kappa shape index (κ3) is 3.10. The molecule has 0 aromatic heterocycles. The quantitative estimate of drug-likeness (QED) is 0.611. The van der Waals surface area contributed by atoms with Crippen LogP contribution in [0.4, 0.5) is 0 Å². The highest BCUT2D eigenvalue weighted by atomic mass is 16.1. The molecule has 0 heterocycles. The minimum Gasteiger partial charge on any atom is -0.340 e. The fourth-order valence-electron chi connectivity index (χ4n) is 1.88. The van der Waals surface area contributed by atoms with Gasteiger partial charge in [0.15, 0.2) is 0 Å². The summed E-state index contributed by atoms with van der Waals surface area (Å²) in [6, 6.07) is 0. The second-order valence-electron chi connectivity index (χ2n) is 3.95. The Morgan fingerprint density at radius 3 is 2.46 bits per heavy atom. The van der Waals surface area contributed by atoms with Crippen LogP contribution in [-0.2, 0) is 4.79 Å². The Hall–Kier alpha value is -0.970. The summed E-state index contributed by atoms with van der Waals surface area (Å²) in [6.45, 7) is 3.80. The van der Waals surface area contributed by atoms with Crippen LogP contribution in [0.1, 0.15) is 46.0 Å². The van der Waals surface area contributed by atoms with Crippen molar-refractivity contribution in [3.8, 4) is 11.8 Å². The lowest BCUT2D eigenvalue weighted by Crippen LogP contribution is -2.46. The van der Waals surface area contributed by atoms with E-state index in [2.05, 4.69) is 24.1 Å². The second-order valence-corrected chi connectivity index (χ2v) is 3.95. The van der Waals surface area contributed by atoms with Crippen molar-refractivity contribution < 1.29 is 4.79 Å². The topological polar surface area (TPSA) is 29.1 Å². The van der Waals surface area contributed by atoms with Crippen LogP contribution in [0, 0.1) is 11.8 Å². The molecule has 1 aliphatic rings. The van der Waals surface area contributed by atoms with Gasteiger partial charge in [0, 0.05) is 5.54 Å². The number of rotatable bonds is 1. The van der Waals surface area contributed by atoms with Crippen molar-refractivity contribution in [3.05, 3.63) is 0 Å². The minimum absolute atomic E-state index is 0.000810. The summed E-state index contributed by atoms with van der Waals surface area (Å²) < 4.78 is 0. The number of amides is 1. The molecule has 1 saturated carbocycles. The lowest BCUT2D eigenvalue weighted by molar-refractivity contribution is -0.117. The van der Waals surface area contributed by atoms with E-state index < -0.39 is 0 Å². The molecule has 0 aromatic rings. The zero-order valence-electron chi connectivity index (χ0n) is 8.44. The van der Waals surface area contributed by atoms with Crippen LogP contribution < -0.4 is 5.32 Å². The Bertz CT molecular complexity index is 241. The lowest BCUT2D eigenvalue weighted by atomic mass is 9.83. The van der Waals surface area contributed by atoms with Crippen LogP contribution in [0.5, 0.6) is 0 Å². The van der Waals surface area contributed by atoms with E-state index in [1.54, 1.807) is 6.92 Å². The van der Waals surface area contributed by atoms with Crippen molar-refractivity contribution in [3.63, 3.8) is 0 Å².